The Kier molecular flexibility index (Phi) is 8.09. The molecule has 0 aliphatic heterocycles. The van der Waals surface area contributed by atoms with Gasteiger partial charge < -0.3 is 4.74 Å². The molecule has 1 rings (SSSR count). The summed E-state index contributed by atoms with van der Waals surface area (Å²) in [6.45, 7) is 2.81. The fourth-order valence-corrected chi connectivity index (χ4v) is 1.82. The molecule has 0 N–H and O–H groups in total. The van der Waals surface area contributed by atoms with Crippen molar-refractivity contribution in [3.05, 3.63) is 29.6 Å². The van der Waals surface area contributed by atoms with E-state index in [4.69, 9.17) is 16.3 Å². The van der Waals surface area contributed by atoms with E-state index >= 15 is 0 Å². The predicted molar refractivity (Wildman–Crippen MR) is 78.3 cm³/mol. The van der Waals surface area contributed by atoms with Crippen molar-refractivity contribution in [1.82, 2.24) is 0 Å². The van der Waals surface area contributed by atoms with Gasteiger partial charge in [0.25, 0.3) is 0 Å². The van der Waals surface area contributed by atoms with Crippen molar-refractivity contribution >= 4 is 11.6 Å². The van der Waals surface area contributed by atoms with E-state index in [9.17, 15) is 4.39 Å². The van der Waals surface area contributed by atoms with Crippen LogP contribution in [0.1, 0.15) is 44.6 Å². The highest BCUT2D eigenvalue weighted by Gasteiger charge is 2.00. The van der Waals surface area contributed by atoms with Gasteiger partial charge in [0.15, 0.2) is 0 Å². The lowest BCUT2D eigenvalue weighted by Crippen LogP contribution is -1.98. The van der Waals surface area contributed by atoms with Crippen LogP contribution in [0.2, 0.25) is 0 Å². The van der Waals surface area contributed by atoms with Crippen LogP contribution in [0.15, 0.2) is 18.2 Å². The van der Waals surface area contributed by atoms with E-state index < -0.39 is 0 Å². The highest BCUT2D eigenvalue weighted by molar-refractivity contribution is 6.19. The zero-order valence-electron chi connectivity index (χ0n) is 11.3. The molecule has 1 nitrogen and oxygen atoms in total. The Morgan fingerprint density at radius 3 is 2.68 bits per heavy atom. The first-order valence-corrected chi connectivity index (χ1v) is 7.28. The fraction of sp³-hybridized carbons (Fsp3) is 0.500. The third-order valence-electron chi connectivity index (χ3n) is 2.69. The maximum absolute atomic E-state index is 13.3. The highest BCUT2D eigenvalue weighted by Crippen LogP contribution is 2.16. The maximum Gasteiger partial charge on any atom is 0.128 e. The number of halogens is 2. The van der Waals surface area contributed by atoms with Gasteiger partial charge in [-0.15, -0.1) is 11.6 Å². The molecule has 0 aliphatic carbocycles. The predicted octanol–water partition coefficient (Wildman–Crippen LogP) is 4.77. The number of hydrogen-bond acceptors (Lipinski definition) is 1. The van der Waals surface area contributed by atoms with Gasteiger partial charge in [0.05, 0.1) is 12.5 Å². The van der Waals surface area contributed by atoms with Crippen LogP contribution in [0, 0.1) is 17.7 Å². The summed E-state index contributed by atoms with van der Waals surface area (Å²) in [6, 6.07) is 4.51. The van der Waals surface area contributed by atoms with Crippen molar-refractivity contribution in [2.45, 2.75) is 39.0 Å². The molecule has 0 bridgehead atoms. The first kappa shape index (κ1) is 15.9. The molecule has 3 heteroatoms. The number of unbranched alkanes of at least 4 members (excludes halogenated alkanes) is 4. The number of rotatable bonds is 7. The van der Waals surface area contributed by atoms with Gasteiger partial charge >= 0.3 is 0 Å². The molecule has 0 fully saturated rings. The van der Waals surface area contributed by atoms with Crippen LogP contribution >= 0.6 is 11.6 Å². The molecule has 0 unspecified atom stereocenters. The standard InChI is InChI=1S/C16H20ClFO/c1-2-3-4-5-6-10-19-16-12-14(8-7-9-17)11-15(18)13-16/h11-13H,2-6,9-10H2,1H3. The Labute approximate surface area is 120 Å². The molecule has 0 heterocycles. The average Bonchev–Trinajstić information content (AvgIpc) is 2.40. The lowest BCUT2D eigenvalue weighted by Gasteiger charge is -2.06. The molecule has 0 spiro atoms. The second-order valence-electron chi connectivity index (χ2n) is 4.37. The number of benzene rings is 1. The molecule has 19 heavy (non-hydrogen) atoms. The largest absolute Gasteiger partial charge is 0.493 e. The second kappa shape index (κ2) is 9.69. The van der Waals surface area contributed by atoms with Crippen LogP contribution in [-0.4, -0.2) is 12.5 Å². The normalized spacial score (nSPS) is 9.84. The summed E-state index contributed by atoms with van der Waals surface area (Å²) in [5.74, 6) is 5.94. The minimum absolute atomic E-state index is 0.240. The van der Waals surface area contributed by atoms with Gasteiger partial charge in [-0.3, -0.25) is 0 Å². The van der Waals surface area contributed by atoms with E-state index in [1.165, 1.54) is 31.4 Å². The third-order valence-corrected chi connectivity index (χ3v) is 2.82. The Hall–Kier alpha value is -1.20. The fourth-order valence-electron chi connectivity index (χ4n) is 1.75. The van der Waals surface area contributed by atoms with E-state index in [1.54, 1.807) is 6.07 Å². The molecule has 1 aromatic rings. The van der Waals surface area contributed by atoms with Crippen LogP contribution < -0.4 is 4.74 Å². The van der Waals surface area contributed by atoms with Crippen LogP contribution in [0.4, 0.5) is 4.39 Å². The molecule has 0 aliphatic rings. The molecule has 104 valence electrons. The van der Waals surface area contributed by atoms with Crippen molar-refractivity contribution < 1.29 is 9.13 Å². The van der Waals surface area contributed by atoms with Crippen LogP contribution in [0.25, 0.3) is 0 Å². The van der Waals surface area contributed by atoms with E-state index in [-0.39, 0.29) is 11.7 Å². The zero-order valence-corrected chi connectivity index (χ0v) is 12.1. The first-order valence-electron chi connectivity index (χ1n) is 6.74. The van der Waals surface area contributed by atoms with Crippen molar-refractivity contribution in [3.8, 4) is 17.6 Å². The smallest absolute Gasteiger partial charge is 0.128 e. The molecule has 0 atom stereocenters. The highest BCUT2D eigenvalue weighted by atomic mass is 35.5. The summed E-state index contributed by atoms with van der Waals surface area (Å²) in [4.78, 5) is 0. The molecule has 1 aromatic carbocycles. The van der Waals surface area contributed by atoms with E-state index in [0.29, 0.717) is 17.9 Å². The molecule has 0 radical (unpaired) electrons. The lowest BCUT2D eigenvalue weighted by atomic mass is 10.2. The van der Waals surface area contributed by atoms with Gasteiger partial charge in [-0.1, -0.05) is 44.4 Å². The SMILES string of the molecule is CCCCCCCOc1cc(F)cc(C#CCCl)c1. The van der Waals surface area contributed by atoms with Crippen LogP contribution in [0.5, 0.6) is 5.75 Å². The van der Waals surface area contributed by atoms with Gasteiger partial charge in [0.2, 0.25) is 0 Å². The molecular formula is C16H20ClFO. The van der Waals surface area contributed by atoms with Crippen LogP contribution in [0.3, 0.4) is 0 Å². The van der Waals surface area contributed by atoms with Gasteiger partial charge in [-0.05, 0) is 18.6 Å². The molecule has 0 saturated carbocycles. The minimum Gasteiger partial charge on any atom is -0.493 e. The van der Waals surface area contributed by atoms with Crippen molar-refractivity contribution in [1.29, 1.82) is 0 Å². The van der Waals surface area contributed by atoms with Gasteiger partial charge in [-0.2, -0.15) is 0 Å². The maximum atomic E-state index is 13.3. The minimum atomic E-state index is -0.331. The monoisotopic (exact) mass is 282 g/mol. The van der Waals surface area contributed by atoms with E-state index in [2.05, 4.69) is 18.8 Å². The summed E-state index contributed by atoms with van der Waals surface area (Å²) in [6.07, 6.45) is 5.88. The van der Waals surface area contributed by atoms with Gasteiger partial charge in [0, 0.05) is 11.6 Å². The molecule has 0 aromatic heterocycles. The average molecular weight is 283 g/mol. The summed E-state index contributed by atoms with van der Waals surface area (Å²) < 4.78 is 18.9. The Bertz CT molecular complexity index is 434. The second-order valence-corrected chi connectivity index (χ2v) is 4.64. The van der Waals surface area contributed by atoms with E-state index in [1.807, 2.05) is 0 Å². The number of hydrogen-bond donors (Lipinski definition) is 0. The molecular weight excluding hydrogens is 263 g/mol. The van der Waals surface area contributed by atoms with Crippen LogP contribution in [-0.2, 0) is 0 Å². The quantitative estimate of drug-likeness (QED) is 0.398. The zero-order chi connectivity index (χ0) is 13.9. The van der Waals surface area contributed by atoms with Crippen molar-refractivity contribution in [2.75, 3.05) is 12.5 Å². The Morgan fingerprint density at radius 1 is 1.16 bits per heavy atom. The summed E-state index contributed by atoms with van der Waals surface area (Å²) >= 11 is 5.48. The summed E-state index contributed by atoms with van der Waals surface area (Å²) in [5.41, 5.74) is 0.599. The first-order chi connectivity index (χ1) is 9.26. The Balaban J connectivity index is 2.42. The lowest BCUT2D eigenvalue weighted by molar-refractivity contribution is 0.303. The number of alkyl halides is 1. The Morgan fingerprint density at radius 2 is 1.95 bits per heavy atom. The van der Waals surface area contributed by atoms with Crippen molar-refractivity contribution in [2.24, 2.45) is 0 Å². The summed E-state index contributed by atoms with van der Waals surface area (Å²) in [7, 11) is 0. The molecule has 0 saturated heterocycles. The third kappa shape index (κ3) is 7.08. The van der Waals surface area contributed by atoms with E-state index in [0.717, 1.165) is 12.8 Å². The topological polar surface area (TPSA) is 9.23 Å². The van der Waals surface area contributed by atoms with Crippen molar-refractivity contribution in [3.63, 3.8) is 0 Å². The molecule has 0 amide bonds. The number of ether oxygens (including phenoxy) is 1. The van der Waals surface area contributed by atoms with Gasteiger partial charge in [-0.25, -0.2) is 4.39 Å². The summed E-state index contributed by atoms with van der Waals surface area (Å²) in [5, 5.41) is 0. The van der Waals surface area contributed by atoms with Gasteiger partial charge in [0.1, 0.15) is 11.6 Å².